The van der Waals surface area contributed by atoms with E-state index in [0.717, 1.165) is 37.2 Å². The number of nitrogens with one attached hydrogen (secondary N) is 2. The van der Waals surface area contributed by atoms with Crippen LogP contribution in [0.15, 0.2) is 36.4 Å². The van der Waals surface area contributed by atoms with Gasteiger partial charge in [0, 0.05) is 22.6 Å². The van der Waals surface area contributed by atoms with Gasteiger partial charge in [-0.15, -0.1) is 0 Å². The minimum absolute atomic E-state index is 0.159. The molecule has 122 valence electrons. The summed E-state index contributed by atoms with van der Waals surface area (Å²) in [6, 6.07) is 7.53. The SMILES string of the molecule is C=C1C(=N)c2cccc(c2)OCCCCC[C@@H](C2CS2)NC1=O. The number of carbonyl (C=O) groups is 1. The molecular formula is C18H22N2O2S. The minimum atomic E-state index is -0.226. The lowest BCUT2D eigenvalue weighted by atomic mass is 10.0. The Morgan fingerprint density at radius 3 is 2.91 bits per heavy atom. The Morgan fingerprint density at radius 2 is 2.13 bits per heavy atom. The largest absolute Gasteiger partial charge is 0.494 e. The Bertz CT molecular complexity index is 625. The molecule has 2 aliphatic rings. The molecule has 23 heavy (non-hydrogen) atoms. The first-order valence-corrected chi connectivity index (χ1v) is 9.13. The van der Waals surface area contributed by atoms with Crippen LogP contribution < -0.4 is 10.1 Å². The Kier molecular flexibility index (Phi) is 5.06. The molecule has 1 aromatic carbocycles. The van der Waals surface area contributed by atoms with Gasteiger partial charge in [-0.2, -0.15) is 11.8 Å². The van der Waals surface area contributed by atoms with Crippen LogP contribution in [0.3, 0.4) is 0 Å². The lowest BCUT2D eigenvalue weighted by Crippen LogP contribution is -2.40. The van der Waals surface area contributed by atoms with Crippen molar-refractivity contribution in [3.05, 3.63) is 42.0 Å². The first kappa shape index (κ1) is 16.1. The molecule has 0 radical (unpaired) electrons. The summed E-state index contributed by atoms with van der Waals surface area (Å²) in [4.78, 5) is 12.4. The predicted molar refractivity (Wildman–Crippen MR) is 94.6 cm³/mol. The number of hydrogen-bond donors (Lipinski definition) is 2. The van der Waals surface area contributed by atoms with E-state index in [2.05, 4.69) is 11.9 Å². The fourth-order valence-corrected chi connectivity index (χ4v) is 3.54. The highest BCUT2D eigenvalue weighted by molar-refractivity contribution is 8.07. The van der Waals surface area contributed by atoms with E-state index in [1.807, 2.05) is 30.0 Å². The van der Waals surface area contributed by atoms with Crippen LogP contribution in [0.25, 0.3) is 0 Å². The van der Waals surface area contributed by atoms with Gasteiger partial charge in [0.15, 0.2) is 0 Å². The number of rotatable bonds is 1. The highest BCUT2D eigenvalue weighted by Gasteiger charge is 2.33. The number of carbonyl (C=O) groups excluding carboxylic acids is 1. The molecule has 1 aromatic rings. The Labute approximate surface area is 141 Å². The number of benzene rings is 1. The van der Waals surface area contributed by atoms with E-state index < -0.39 is 0 Å². The Morgan fingerprint density at radius 1 is 1.30 bits per heavy atom. The van der Waals surface area contributed by atoms with Gasteiger partial charge in [0.1, 0.15) is 5.75 Å². The van der Waals surface area contributed by atoms with Crippen molar-refractivity contribution in [2.75, 3.05) is 12.4 Å². The molecule has 2 bridgehead atoms. The third-order valence-electron chi connectivity index (χ3n) is 4.25. The zero-order valence-corrected chi connectivity index (χ0v) is 14.0. The maximum Gasteiger partial charge on any atom is 0.253 e. The molecule has 0 saturated carbocycles. The maximum absolute atomic E-state index is 12.4. The summed E-state index contributed by atoms with van der Waals surface area (Å²) in [5, 5.41) is 11.9. The van der Waals surface area contributed by atoms with Crippen LogP contribution >= 0.6 is 11.8 Å². The quantitative estimate of drug-likeness (QED) is 0.614. The molecule has 1 unspecified atom stereocenters. The molecule has 1 fully saturated rings. The molecular weight excluding hydrogens is 308 g/mol. The molecule has 1 saturated heterocycles. The molecule has 0 aliphatic carbocycles. The van der Waals surface area contributed by atoms with E-state index in [-0.39, 0.29) is 23.2 Å². The molecule has 2 heterocycles. The maximum atomic E-state index is 12.4. The van der Waals surface area contributed by atoms with Gasteiger partial charge in [0.25, 0.3) is 5.91 Å². The van der Waals surface area contributed by atoms with E-state index in [9.17, 15) is 4.79 Å². The fourth-order valence-electron chi connectivity index (χ4n) is 2.76. The van der Waals surface area contributed by atoms with Gasteiger partial charge in [-0.1, -0.05) is 25.1 Å². The zero-order valence-electron chi connectivity index (χ0n) is 13.1. The lowest BCUT2D eigenvalue weighted by Gasteiger charge is -2.19. The third kappa shape index (κ3) is 4.16. The molecule has 3 rings (SSSR count). The summed E-state index contributed by atoms with van der Waals surface area (Å²) in [5.74, 6) is 1.63. The highest BCUT2D eigenvalue weighted by Crippen LogP contribution is 2.35. The molecule has 2 N–H and O–H groups in total. The number of hydrogen-bond acceptors (Lipinski definition) is 4. The van der Waals surface area contributed by atoms with Crippen molar-refractivity contribution < 1.29 is 9.53 Å². The smallest absolute Gasteiger partial charge is 0.253 e. The van der Waals surface area contributed by atoms with Gasteiger partial charge in [-0.05, 0) is 31.4 Å². The van der Waals surface area contributed by atoms with Gasteiger partial charge >= 0.3 is 0 Å². The van der Waals surface area contributed by atoms with Gasteiger partial charge in [0.2, 0.25) is 0 Å². The second kappa shape index (κ2) is 7.21. The van der Waals surface area contributed by atoms with Crippen LogP contribution in [0.1, 0.15) is 31.2 Å². The molecule has 1 amide bonds. The zero-order chi connectivity index (χ0) is 16.2. The van der Waals surface area contributed by atoms with Gasteiger partial charge in [0.05, 0.1) is 17.9 Å². The van der Waals surface area contributed by atoms with Gasteiger partial charge in [-0.25, -0.2) is 0 Å². The fraction of sp³-hybridized carbons (Fsp3) is 0.444. The summed E-state index contributed by atoms with van der Waals surface area (Å²) in [5.41, 5.74) is 1.04. The number of fused-ring (bicyclic) bond motifs is 2. The van der Waals surface area contributed by atoms with Crippen molar-refractivity contribution in [2.45, 2.75) is 37.0 Å². The van der Waals surface area contributed by atoms with Crippen LogP contribution in [0.5, 0.6) is 5.75 Å². The van der Waals surface area contributed by atoms with Crippen LogP contribution in [-0.2, 0) is 4.79 Å². The number of ether oxygens (including phenoxy) is 1. The van der Waals surface area contributed by atoms with Crippen LogP contribution in [0.4, 0.5) is 0 Å². The molecule has 2 aliphatic heterocycles. The van der Waals surface area contributed by atoms with Crippen molar-refractivity contribution in [1.82, 2.24) is 5.32 Å². The first-order chi connectivity index (χ1) is 11.1. The minimum Gasteiger partial charge on any atom is -0.494 e. The topological polar surface area (TPSA) is 62.2 Å². The Balaban J connectivity index is 1.80. The summed E-state index contributed by atoms with van der Waals surface area (Å²) >= 11 is 1.89. The van der Waals surface area contributed by atoms with Crippen LogP contribution in [0.2, 0.25) is 0 Å². The standard InChI is InChI=1S/C18H22N2O2S/c1-12-17(19)13-6-5-7-14(10-13)22-9-4-2-3-8-15(16-11-23-16)20-18(12)21/h5-7,10,15-16,19H,1-4,8-9,11H2,(H,20,21)/t15-,16?/m0/s1. The van der Waals surface area contributed by atoms with E-state index in [1.165, 1.54) is 0 Å². The summed E-state index contributed by atoms with van der Waals surface area (Å²) in [6.45, 7) is 4.52. The van der Waals surface area contributed by atoms with Gasteiger partial charge in [-0.3, -0.25) is 10.2 Å². The molecule has 4 nitrogen and oxygen atoms in total. The summed E-state index contributed by atoms with van der Waals surface area (Å²) < 4.78 is 5.76. The molecule has 0 aromatic heterocycles. The second-order valence-electron chi connectivity index (χ2n) is 6.03. The third-order valence-corrected chi connectivity index (χ3v) is 5.30. The Hall–Kier alpha value is -1.75. The number of thioether (sulfide) groups is 1. The summed E-state index contributed by atoms with van der Waals surface area (Å²) in [7, 11) is 0. The molecule has 2 atom stereocenters. The molecule has 0 spiro atoms. The van der Waals surface area contributed by atoms with Crippen LogP contribution in [-0.4, -0.2) is 35.3 Å². The average molecular weight is 330 g/mol. The lowest BCUT2D eigenvalue weighted by molar-refractivity contribution is -0.117. The van der Waals surface area contributed by atoms with Crippen molar-refractivity contribution in [3.63, 3.8) is 0 Å². The van der Waals surface area contributed by atoms with Crippen molar-refractivity contribution >= 4 is 23.4 Å². The molecule has 5 heteroatoms. The van der Waals surface area contributed by atoms with Crippen molar-refractivity contribution in [2.24, 2.45) is 0 Å². The highest BCUT2D eigenvalue weighted by atomic mass is 32.2. The summed E-state index contributed by atoms with van der Waals surface area (Å²) in [6.07, 6.45) is 4.16. The van der Waals surface area contributed by atoms with Crippen molar-refractivity contribution in [3.8, 4) is 5.75 Å². The van der Waals surface area contributed by atoms with Gasteiger partial charge < -0.3 is 10.1 Å². The second-order valence-corrected chi connectivity index (χ2v) is 7.30. The van der Waals surface area contributed by atoms with E-state index in [4.69, 9.17) is 10.1 Å². The van der Waals surface area contributed by atoms with E-state index >= 15 is 0 Å². The van der Waals surface area contributed by atoms with E-state index in [0.29, 0.717) is 17.4 Å². The van der Waals surface area contributed by atoms with E-state index in [1.54, 1.807) is 6.07 Å². The first-order valence-electron chi connectivity index (χ1n) is 8.08. The predicted octanol–water partition coefficient (Wildman–Crippen LogP) is 3.16. The normalized spacial score (nSPS) is 26.0. The monoisotopic (exact) mass is 330 g/mol. The van der Waals surface area contributed by atoms with Crippen LogP contribution in [0, 0.1) is 5.41 Å². The average Bonchev–Trinajstić information content (AvgIpc) is 3.39. The number of amides is 1. The van der Waals surface area contributed by atoms with Crippen molar-refractivity contribution in [1.29, 1.82) is 5.41 Å².